The van der Waals surface area contributed by atoms with Crippen molar-refractivity contribution in [1.29, 1.82) is 0 Å². The van der Waals surface area contributed by atoms with Crippen LogP contribution in [0.25, 0.3) is 33.3 Å². The fourth-order valence-electron chi connectivity index (χ4n) is 5.06. The highest BCUT2D eigenvalue weighted by molar-refractivity contribution is 6.06. The third-order valence-electron chi connectivity index (χ3n) is 6.52. The molecule has 0 aliphatic carbocycles. The van der Waals surface area contributed by atoms with Gasteiger partial charge in [0.1, 0.15) is 22.3 Å². The van der Waals surface area contributed by atoms with Gasteiger partial charge in [0.2, 0.25) is 0 Å². The third-order valence-corrected chi connectivity index (χ3v) is 6.52. The zero-order chi connectivity index (χ0) is 24.2. The minimum Gasteiger partial charge on any atom is -0.384 e. The molecule has 0 aliphatic rings. The summed E-state index contributed by atoms with van der Waals surface area (Å²) < 4.78 is 5.97. The van der Waals surface area contributed by atoms with Gasteiger partial charge in [-0.25, -0.2) is 4.68 Å². The van der Waals surface area contributed by atoms with Crippen LogP contribution in [0.5, 0.6) is 0 Å². The van der Waals surface area contributed by atoms with Crippen molar-refractivity contribution >= 4 is 22.1 Å². The number of fused-ring (bicyclic) bond motifs is 3. The standard InChI is InChI=1S/C26H31N7O/c1-7-11-19(17-12-9-8-10-13-17)33-20-14-18(22-16(2)28-30-32(22)6)15-27-21(20)23-24(33)25(26(3,4)34)29-31(23)5/h8-10,12-15,19,34H,7,11H2,1-6H3. The number of aromatic nitrogens is 7. The molecule has 1 atom stereocenters. The smallest absolute Gasteiger partial charge is 0.118 e. The fourth-order valence-corrected chi connectivity index (χ4v) is 5.06. The van der Waals surface area contributed by atoms with E-state index in [0.29, 0.717) is 5.69 Å². The van der Waals surface area contributed by atoms with E-state index in [1.165, 1.54) is 5.56 Å². The largest absolute Gasteiger partial charge is 0.384 e. The maximum Gasteiger partial charge on any atom is 0.118 e. The van der Waals surface area contributed by atoms with Gasteiger partial charge in [-0.2, -0.15) is 5.10 Å². The Labute approximate surface area is 198 Å². The zero-order valence-corrected chi connectivity index (χ0v) is 20.6. The maximum atomic E-state index is 11.1. The first-order valence-electron chi connectivity index (χ1n) is 11.7. The number of hydrogen-bond acceptors (Lipinski definition) is 5. The van der Waals surface area contributed by atoms with Crippen molar-refractivity contribution in [1.82, 2.24) is 34.3 Å². The van der Waals surface area contributed by atoms with E-state index < -0.39 is 5.60 Å². The van der Waals surface area contributed by atoms with Gasteiger partial charge in [0, 0.05) is 25.9 Å². The topological polar surface area (TPSA) is 86.6 Å². The predicted octanol–water partition coefficient (Wildman–Crippen LogP) is 4.64. The molecule has 34 heavy (non-hydrogen) atoms. The molecule has 0 spiro atoms. The van der Waals surface area contributed by atoms with E-state index in [9.17, 15) is 5.11 Å². The van der Waals surface area contributed by atoms with Crippen LogP contribution in [0.4, 0.5) is 0 Å². The van der Waals surface area contributed by atoms with Crippen molar-refractivity contribution in [2.75, 3.05) is 0 Å². The van der Waals surface area contributed by atoms with Crippen LogP contribution in [0.3, 0.4) is 0 Å². The Hall–Kier alpha value is -3.52. The Morgan fingerprint density at radius 2 is 1.79 bits per heavy atom. The minimum atomic E-state index is -1.11. The van der Waals surface area contributed by atoms with Crippen LogP contribution in [0.15, 0.2) is 42.6 Å². The molecule has 0 bridgehead atoms. The monoisotopic (exact) mass is 457 g/mol. The molecule has 0 amide bonds. The summed E-state index contributed by atoms with van der Waals surface area (Å²) in [7, 11) is 3.82. The van der Waals surface area contributed by atoms with Gasteiger partial charge < -0.3 is 9.67 Å². The average molecular weight is 458 g/mol. The van der Waals surface area contributed by atoms with Gasteiger partial charge in [-0.3, -0.25) is 9.67 Å². The number of benzene rings is 1. The van der Waals surface area contributed by atoms with Gasteiger partial charge in [-0.1, -0.05) is 48.9 Å². The lowest BCUT2D eigenvalue weighted by atomic mass is 10.0. The Morgan fingerprint density at radius 1 is 1.06 bits per heavy atom. The maximum absolute atomic E-state index is 11.1. The molecule has 8 heteroatoms. The fraction of sp³-hybridized carbons (Fsp3) is 0.385. The predicted molar refractivity (Wildman–Crippen MR) is 133 cm³/mol. The summed E-state index contributed by atoms with van der Waals surface area (Å²) in [4.78, 5) is 4.93. The highest BCUT2D eigenvalue weighted by Gasteiger charge is 2.32. The van der Waals surface area contributed by atoms with Crippen molar-refractivity contribution in [2.45, 2.75) is 52.2 Å². The minimum absolute atomic E-state index is 0.0688. The molecular formula is C26H31N7O. The summed E-state index contributed by atoms with van der Waals surface area (Å²) in [5.41, 5.74) is 7.26. The second-order valence-electron chi connectivity index (χ2n) is 9.55. The molecule has 5 rings (SSSR count). The number of aliphatic hydroxyl groups is 1. The van der Waals surface area contributed by atoms with Gasteiger partial charge in [-0.05, 0) is 38.8 Å². The lowest BCUT2D eigenvalue weighted by Gasteiger charge is -2.23. The van der Waals surface area contributed by atoms with E-state index in [2.05, 4.69) is 52.1 Å². The van der Waals surface area contributed by atoms with Crippen molar-refractivity contribution in [3.8, 4) is 11.3 Å². The van der Waals surface area contributed by atoms with Crippen LogP contribution in [-0.4, -0.2) is 39.4 Å². The highest BCUT2D eigenvalue weighted by Crippen LogP contribution is 2.40. The molecule has 4 aromatic heterocycles. The third kappa shape index (κ3) is 3.40. The molecule has 1 aromatic carbocycles. The number of aryl methyl sites for hydroxylation is 3. The lowest BCUT2D eigenvalue weighted by molar-refractivity contribution is 0.0742. The number of hydrogen-bond donors (Lipinski definition) is 1. The number of rotatable bonds is 6. The Kier molecular flexibility index (Phi) is 5.28. The van der Waals surface area contributed by atoms with Crippen LogP contribution in [0.2, 0.25) is 0 Å². The molecule has 0 saturated carbocycles. The summed E-state index contributed by atoms with van der Waals surface area (Å²) in [6.07, 6.45) is 3.84. The van der Waals surface area contributed by atoms with E-state index in [0.717, 1.165) is 51.9 Å². The molecule has 8 nitrogen and oxygen atoms in total. The van der Waals surface area contributed by atoms with Crippen molar-refractivity contribution < 1.29 is 5.11 Å². The molecule has 1 N–H and O–H groups in total. The summed E-state index contributed by atoms with van der Waals surface area (Å²) in [5.74, 6) is 0. The number of nitrogens with zero attached hydrogens (tertiary/aromatic N) is 7. The van der Waals surface area contributed by atoms with Crippen molar-refractivity contribution in [2.24, 2.45) is 14.1 Å². The molecule has 5 aromatic rings. The summed E-state index contributed by atoms with van der Waals surface area (Å²) in [5, 5.41) is 24.2. The second kappa shape index (κ2) is 8.06. The first kappa shape index (κ1) is 22.3. The van der Waals surface area contributed by atoms with Crippen LogP contribution >= 0.6 is 0 Å². The SMILES string of the molecule is CCCC(c1ccccc1)n1c2cc(-c3c(C)nnn3C)cnc2c2c1c(C(C)(C)O)nn2C. The molecule has 176 valence electrons. The summed E-state index contributed by atoms with van der Waals surface area (Å²) >= 11 is 0. The Balaban J connectivity index is 1.92. The van der Waals surface area contributed by atoms with Crippen molar-refractivity contribution in [3.05, 3.63) is 59.5 Å². The summed E-state index contributed by atoms with van der Waals surface area (Å²) in [6.45, 7) is 7.74. The van der Waals surface area contributed by atoms with Crippen LogP contribution in [0.1, 0.15) is 56.6 Å². The van der Waals surface area contributed by atoms with Crippen LogP contribution in [0, 0.1) is 6.92 Å². The second-order valence-corrected chi connectivity index (χ2v) is 9.55. The van der Waals surface area contributed by atoms with Gasteiger partial charge >= 0.3 is 0 Å². The molecule has 0 saturated heterocycles. The Bertz CT molecular complexity index is 1470. The number of pyridine rings is 1. The van der Waals surface area contributed by atoms with E-state index >= 15 is 0 Å². The van der Waals surface area contributed by atoms with Crippen LogP contribution < -0.4 is 0 Å². The quantitative estimate of drug-likeness (QED) is 0.401. The Morgan fingerprint density at radius 3 is 2.41 bits per heavy atom. The van der Waals surface area contributed by atoms with Gasteiger partial charge in [0.05, 0.1) is 28.5 Å². The molecule has 0 fully saturated rings. The van der Waals surface area contributed by atoms with Gasteiger partial charge in [0.25, 0.3) is 0 Å². The lowest BCUT2D eigenvalue weighted by Crippen LogP contribution is -2.19. The summed E-state index contributed by atoms with van der Waals surface area (Å²) in [6, 6.07) is 12.8. The molecule has 0 aliphatic heterocycles. The molecule has 4 heterocycles. The van der Waals surface area contributed by atoms with Crippen molar-refractivity contribution in [3.63, 3.8) is 0 Å². The molecule has 1 unspecified atom stereocenters. The highest BCUT2D eigenvalue weighted by atomic mass is 16.3. The molecule has 0 radical (unpaired) electrons. The normalized spacial score (nSPS) is 13.3. The van der Waals surface area contributed by atoms with Gasteiger partial charge in [0.15, 0.2) is 0 Å². The van der Waals surface area contributed by atoms with Crippen LogP contribution in [-0.2, 0) is 19.7 Å². The van der Waals surface area contributed by atoms with E-state index in [-0.39, 0.29) is 6.04 Å². The average Bonchev–Trinajstić information content (AvgIpc) is 3.43. The first-order chi connectivity index (χ1) is 16.2. The van der Waals surface area contributed by atoms with E-state index in [1.54, 1.807) is 18.5 Å². The zero-order valence-electron chi connectivity index (χ0n) is 20.6. The molecular weight excluding hydrogens is 426 g/mol. The van der Waals surface area contributed by atoms with E-state index in [1.807, 2.05) is 38.0 Å². The van der Waals surface area contributed by atoms with Gasteiger partial charge in [-0.15, -0.1) is 5.10 Å². The first-order valence-corrected chi connectivity index (χ1v) is 11.7. The van der Waals surface area contributed by atoms with E-state index in [4.69, 9.17) is 10.1 Å².